The predicted octanol–water partition coefficient (Wildman–Crippen LogP) is 2.47. The maximum Gasteiger partial charge on any atom is 0.412 e. The van der Waals surface area contributed by atoms with Crippen LogP contribution >= 0.6 is 0 Å². The molecule has 0 aliphatic carbocycles. The van der Waals surface area contributed by atoms with Crippen LogP contribution in [0.1, 0.15) is 32.8 Å². The number of rotatable bonds is 4. The van der Waals surface area contributed by atoms with Crippen molar-refractivity contribution >= 4 is 17.7 Å². The maximum absolute atomic E-state index is 11.6. The van der Waals surface area contributed by atoms with E-state index in [0.29, 0.717) is 12.1 Å². The smallest absolute Gasteiger partial charge is 0.412 e. The minimum Gasteiger partial charge on any atom is -0.444 e. The van der Waals surface area contributed by atoms with Crippen LogP contribution in [0.4, 0.5) is 10.5 Å². The molecule has 0 bridgehead atoms. The summed E-state index contributed by atoms with van der Waals surface area (Å²) in [6.45, 7) is 5.38. The van der Waals surface area contributed by atoms with Gasteiger partial charge in [0.1, 0.15) is 5.60 Å². The van der Waals surface area contributed by atoms with Gasteiger partial charge >= 0.3 is 6.09 Å². The van der Waals surface area contributed by atoms with Crippen molar-refractivity contribution in [2.45, 2.75) is 39.2 Å². The lowest BCUT2D eigenvalue weighted by atomic mass is 10.1. The topological polar surface area (TPSA) is 87.7 Å². The zero-order valence-electron chi connectivity index (χ0n) is 11.9. The molecule has 0 radical (unpaired) electrons. The van der Waals surface area contributed by atoms with Crippen molar-refractivity contribution in [3.8, 4) is 0 Å². The second kappa shape index (κ2) is 6.91. The predicted molar refractivity (Wildman–Crippen MR) is 74.5 cm³/mol. The van der Waals surface area contributed by atoms with Gasteiger partial charge in [0, 0.05) is 12.1 Å². The van der Waals surface area contributed by atoms with E-state index in [2.05, 4.69) is 5.32 Å². The van der Waals surface area contributed by atoms with Crippen molar-refractivity contribution in [3.05, 3.63) is 29.8 Å². The van der Waals surface area contributed by atoms with Crippen LogP contribution in [0, 0.1) is 0 Å². The summed E-state index contributed by atoms with van der Waals surface area (Å²) in [5, 5.41) is 11.0. The number of hydrogen-bond donors (Lipinski definition) is 3. The molecule has 0 unspecified atom stereocenters. The van der Waals surface area contributed by atoms with Gasteiger partial charge in [-0.15, -0.1) is 0 Å². The molecule has 1 rings (SSSR count). The van der Waals surface area contributed by atoms with Gasteiger partial charge in [-0.2, -0.15) is 0 Å². The Hall–Kier alpha value is -2.08. The summed E-state index contributed by atoms with van der Waals surface area (Å²) in [6, 6.07) is 7.07. The third-order valence-corrected chi connectivity index (χ3v) is 2.36. The van der Waals surface area contributed by atoms with Crippen molar-refractivity contribution in [2.24, 2.45) is 0 Å². The molecular weight excluding hydrogens is 260 g/mol. The Morgan fingerprint density at radius 3 is 2.30 bits per heavy atom. The molecule has 0 aromatic heterocycles. The van der Waals surface area contributed by atoms with Crippen molar-refractivity contribution < 1.29 is 19.5 Å². The summed E-state index contributed by atoms with van der Waals surface area (Å²) in [5.74, 6) is -0.430. The number of amides is 2. The fourth-order valence-electron chi connectivity index (χ4n) is 1.49. The van der Waals surface area contributed by atoms with E-state index in [9.17, 15) is 9.59 Å². The van der Waals surface area contributed by atoms with Crippen molar-refractivity contribution in [2.75, 3.05) is 5.32 Å². The molecule has 0 heterocycles. The average Bonchev–Trinajstić information content (AvgIpc) is 2.35. The third kappa shape index (κ3) is 6.19. The normalized spacial score (nSPS) is 10.8. The van der Waals surface area contributed by atoms with Gasteiger partial charge < -0.3 is 4.74 Å². The van der Waals surface area contributed by atoms with Crippen LogP contribution in [0.25, 0.3) is 0 Å². The van der Waals surface area contributed by atoms with Crippen LogP contribution in [0.3, 0.4) is 0 Å². The quantitative estimate of drug-likeness (QED) is 0.584. The standard InChI is InChI=1S/C14H20N2O4/c1-14(2,3)20-13(18)15-11-7-4-10(5-8-11)6-9-12(17)16-19/h4-5,7-8,19H,6,9H2,1-3H3,(H,15,18)(H,16,17). The van der Waals surface area contributed by atoms with E-state index in [1.54, 1.807) is 50.5 Å². The number of nitrogens with one attached hydrogen (secondary N) is 2. The molecule has 0 spiro atoms. The van der Waals surface area contributed by atoms with Gasteiger partial charge in [0.15, 0.2) is 0 Å². The van der Waals surface area contributed by atoms with E-state index in [0.717, 1.165) is 5.56 Å². The van der Waals surface area contributed by atoms with E-state index in [-0.39, 0.29) is 6.42 Å². The first-order valence-corrected chi connectivity index (χ1v) is 6.32. The lowest BCUT2D eigenvalue weighted by Gasteiger charge is -2.19. The molecule has 1 aromatic rings. The van der Waals surface area contributed by atoms with Crippen molar-refractivity contribution in [1.82, 2.24) is 5.48 Å². The SMILES string of the molecule is CC(C)(C)OC(=O)Nc1ccc(CCC(=O)NO)cc1. The summed E-state index contributed by atoms with van der Waals surface area (Å²) < 4.78 is 5.13. The second-order valence-electron chi connectivity index (χ2n) is 5.36. The molecule has 1 aromatic carbocycles. The third-order valence-electron chi connectivity index (χ3n) is 2.36. The molecule has 0 saturated heterocycles. The zero-order chi connectivity index (χ0) is 15.2. The maximum atomic E-state index is 11.6. The largest absolute Gasteiger partial charge is 0.444 e. The van der Waals surface area contributed by atoms with Crippen LogP contribution < -0.4 is 10.8 Å². The van der Waals surface area contributed by atoms with Crippen LogP contribution in [-0.2, 0) is 16.0 Å². The number of hydroxylamine groups is 1. The van der Waals surface area contributed by atoms with E-state index in [4.69, 9.17) is 9.94 Å². The zero-order valence-corrected chi connectivity index (χ0v) is 11.9. The van der Waals surface area contributed by atoms with E-state index >= 15 is 0 Å². The summed E-state index contributed by atoms with van der Waals surface area (Å²) in [5.41, 5.74) is 2.60. The molecule has 0 aliphatic rings. The molecule has 6 heteroatoms. The Morgan fingerprint density at radius 2 is 1.80 bits per heavy atom. The van der Waals surface area contributed by atoms with Crippen LogP contribution in [-0.4, -0.2) is 22.8 Å². The minimum absolute atomic E-state index is 0.204. The Labute approximate surface area is 118 Å². The van der Waals surface area contributed by atoms with E-state index in [1.165, 1.54) is 0 Å². The number of carbonyl (C=O) groups is 2. The Balaban J connectivity index is 2.50. The average molecular weight is 280 g/mol. The number of anilines is 1. The van der Waals surface area contributed by atoms with Gasteiger partial charge in [-0.05, 0) is 44.9 Å². The highest BCUT2D eigenvalue weighted by Gasteiger charge is 2.16. The Morgan fingerprint density at radius 1 is 1.20 bits per heavy atom. The molecule has 20 heavy (non-hydrogen) atoms. The second-order valence-corrected chi connectivity index (χ2v) is 5.36. The van der Waals surface area contributed by atoms with E-state index < -0.39 is 17.6 Å². The first-order valence-electron chi connectivity index (χ1n) is 6.32. The lowest BCUT2D eigenvalue weighted by Crippen LogP contribution is -2.27. The molecule has 0 atom stereocenters. The molecule has 3 N–H and O–H groups in total. The molecular formula is C14H20N2O4. The van der Waals surface area contributed by atoms with Crippen molar-refractivity contribution in [1.29, 1.82) is 0 Å². The molecule has 6 nitrogen and oxygen atoms in total. The number of carbonyl (C=O) groups excluding carboxylic acids is 2. The summed E-state index contributed by atoms with van der Waals surface area (Å²) >= 11 is 0. The van der Waals surface area contributed by atoms with Gasteiger partial charge in [0.05, 0.1) is 0 Å². The Kier molecular flexibility index (Phi) is 5.52. The fraction of sp³-hybridized carbons (Fsp3) is 0.429. The van der Waals surface area contributed by atoms with Gasteiger partial charge in [-0.25, -0.2) is 10.3 Å². The van der Waals surface area contributed by atoms with Gasteiger partial charge in [-0.3, -0.25) is 15.3 Å². The molecule has 0 saturated carbocycles. The number of ether oxygens (including phenoxy) is 1. The van der Waals surface area contributed by atoms with Gasteiger partial charge in [0.2, 0.25) is 5.91 Å². The van der Waals surface area contributed by atoms with Crippen LogP contribution in [0.2, 0.25) is 0 Å². The van der Waals surface area contributed by atoms with Crippen molar-refractivity contribution in [3.63, 3.8) is 0 Å². The Bertz CT molecular complexity index is 463. The van der Waals surface area contributed by atoms with Crippen LogP contribution in [0.15, 0.2) is 24.3 Å². The highest BCUT2D eigenvalue weighted by molar-refractivity contribution is 5.84. The lowest BCUT2D eigenvalue weighted by molar-refractivity contribution is -0.129. The summed E-state index contributed by atoms with van der Waals surface area (Å²) in [6.07, 6.45) is 0.207. The molecule has 0 fully saturated rings. The highest BCUT2D eigenvalue weighted by Crippen LogP contribution is 2.13. The molecule has 2 amide bonds. The first-order chi connectivity index (χ1) is 9.30. The number of benzene rings is 1. The minimum atomic E-state index is -0.540. The number of aryl methyl sites for hydroxylation is 1. The van der Waals surface area contributed by atoms with Gasteiger partial charge in [-0.1, -0.05) is 12.1 Å². The molecule has 0 aliphatic heterocycles. The van der Waals surface area contributed by atoms with Crippen LogP contribution in [0.5, 0.6) is 0 Å². The number of hydrogen-bond acceptors (Lipinski definition) is 4. The highest BCUT2D eigenvalue weighted by atomic mass is 16.6. The summed E-state index contributed by atoms with van der Waals surface area (Å²) in [4.78, 5) is 22.4. The monoisotopic (exact) mass is 280 g/mol. The fourth-order valence-corrected chi connectivity index (χ4v) is 1.49. The van der Waals surface area contributed by atoms with Gasteiger partial charge in [0.25, 0.3) is 0 Å². The molecule has 110 valence electrons. The summed E-state index contributed by atoms with van der Waals surface area (Å²) in [7, 11) is 0. The van der Waals surface area contributed by atoms with E-state index in [1.807, 2.05) is 0 Å². The first kappa shape index (κ1) is 16.0.